The van der Waals surface area contributed by atoms with Gasteiger partial charge in [-0.05, 0) is 30.5 Å². The zero-order chi connectivity index (χ0) is 23.8. The van der Waals surface area contributed by atoms with E-state index in [1.165, 1.54) is 4.57 Å². The molecule has 9 nitrogen and oxygen atoms in total. The number of aromatic nitrogens is 6. The number of imidazole rings is 1. The number of hydrogen-bond acceptors (Lipinski definition) is 5. The van der Waals surface area contributed by atoms with Crippen molar-refractivity contribution in [3.63, 3.8) is 0 Å². The minimum Gasteiger partial charge on any atom is -0.376 e. The second-order valence-electron chi connectivity index (χ2n) is 8.69. The predicted octanol–water partition coefficient (Wildman–Crippen LogP) is 2.97. The summed E-state index contributed by atoms with van der Waals surface area (Å²) >= 11 is 0. The van der Waals surface area contributed by atoms with Gasteiger partial charge < -0.3 is 9.30 Å². The van der Waals surface area contributed by atoms with Crippen molar-refractivity contribution in [1.29, 1.82) is 0 Å². The fraction of sp³-hybridized carbons (Fsp3) is 0.231. The molecule has 176 valence electrons. The van der Waals surface area contributed by atoms with Crippen LogP contribution in [0.15, 0.2) is 82.6 Å². The Labute approximate surface area is 200 Å². The normalized spacial score (nSPS) is 15.7. The standard InChI is InChI=1S/C26H24N6O3/c33-25-22-24(31(26(34)29-25)15-18-8-3-1-4-9-18)28-23(30(22)17-21-12-7-13-35-21)19-14-27-32(16-19)20-10-5-2-6-11-20/h1-6,8-11,14,16,21H,7,12-13,15,17H2,(H,29,33,34)/t21-/m1/s1. The molecule has 35 heavy (non-hydrogen) atoms. The molecule has 1 aliphatic rings. The topological polar surface area (TPSA) is 99.7 Å². The summed E-state index contributed by atoms with van der Waals surface area (Å²) in [6, 6.07) is 19.4. The average Bonchev–Trinajstić information content (AvgIpc) is 3.64. The molecule has 0 unspecified atom stereocenters. The Morgan fingerprint density at radius 2 is 1.77 bits per heavy atom. The van der Waals surface area contributed by atoms with Crippen LogP contribution in [0.5, 0.6) is 0 Å². The van der Waals surface area contributed by atoms with Gasteiger partial charge in [0.1, 0.15) is 5.82 Å². The Morgan fingerprint density at radius 1 is 1.00 bits per heavy atom. The van der Waals surface area contributed by atoms with Crippen LogP contribution in [0.1, 0.15) is 18.4 Å². The lowest BCUT2D eigenvalue weighted by molar-refractivity contribution is 0.0982. The minimum atomic E-state index is -0.486. The number of para-hydroxylation sites is 1. The zero-order valence-corrected chi connectivity index (χ0v) is 19.0. The summed E-state index contributed by atoms with van der Waals surface area (Å²) < 4.78 is 11.0. The summed E-state index contributed by atoms with van der Waals surface area (Å²) in [5.74, 6) is 0.579. The van der Waals surface area contributed by atoms with Gasteiger partial charge in [-0.25, -0.2) is 14.5 Å². The van der Waals surface area contributed by atoms with Crippen LogP contribution in [0.4, 0.5) is 0 Å². The predicted molar refractivity (Wildman–Crippen MR) is 132 cm³/mol. The molecular weight excluding hydrogens is 444 g/mol. The molecule has 5 aromatic rings. The number of ether oxygens (including phenoxy) is 1. The Hall–Kier alpha value is -4.24. The van der Waals surface area contributed by atoms with Crippen LogP contribution < -0.4 is 11.2 Å². The highest BCUT2D eigenvalue weighted by atomic mass is 16.5. The van der Waals surface area contributed by atoms with E-state index in [1.807, 2.05) is 71.4 Å². The van der Waals surface area contributed by atoms with Crippen molar-refractivity contribution in [3.8, 4) is 17.1 Å². The van der Waals surface area contributed by atoms with E-state index in [0.29, 0.717) is 36.7 Å². The van der Waals surface area contributed by atoms with E-state index in [1.54, 1.807) is 10.9 Å². The average molecular weight is 469 g/mol. The highest BCUT2D eigenvalue weighted by molar-refractivity contribution is 5.77. The van der Waals surface area contributed by atoms with E-state index >= 15 is 0 Å². The molecule has 9 heteroatoms. The summed E-state index contributed by atoms with van der Waals surface area (Å²) in [6.45, 7) is 1.47. The smallest absolute Gasteiger partial charge is 0.330 e. The third-order valence-electron chi connectivity index (χ3n) is 6.34. The number of benzene rings is 2. The molecule has 2 aromatic carbocycles. The molecule has 1 fully saturated rings. The number of nitrogens with zero attached hydrogens (tertiary/aromatic N) is 5. The van der Waals surface area contributed by atoms with Crippen LogP contribution in [0.3, 0.4) is 0 Å². The van der Waals surface area contributed by atoms with Gasteiger partial charge in [0.05, 0.1) is 36.6 Å². The molecular formula is C26H24N6O3. The Morgan fingerprint density at radius 3 is 2.51 bits per heavy atom. The molecule has 1 N–H and O–H groups in total. The maximum absolute atomic E-state index is 13.1. The van der Waals surface area contributed by atoms with Crippen LogP contribution >= 0.6 is 0 Å². The molecule has 4 heterocycles. The number of nitrogens with one attached hydrogen (secondary N) is 1. The van der Waals surface area contributed by atoms with Gasteiger partial charge in [0.15, 0.2) is 11.2 Å². The number of hydrogen-bond donors (Lipinski definition) is 1. The van der Waals surface area contributed by atoms with Crippen molar-refractivity contribution >= 4 is 11.2 Å². The van der Waals surface area contributed by atoms with Crippen LogP contribution in [0, 0.1) is 0 Å². The van der Waals surface area contributed by atoms with E-state index in [9.17, 15) is 9.59 Å². The van der Waals surface area contributed by atoms with Crippen LogP contribution in [-0.4, -0.2) is 41.6 Å². The van der Waals surface area contributed by atoms with Crippen molar-refractivity contribution in [2.24, 2.45) is 0 Å². The van der Waals surface area contributed by atoms with E-state index in [0.717, 1.165) is 29.7 Å². The Balaban J connectivity index is 1.53. The highest BCUT2D eigenvalue weighted by Crippen LogP contribution is 2.26. The van der Waals surface area contributed by atoms with Gasteiger partial charge in [-0.15, -0.1) is 0 Å². The molecule has 3 aromatic heterocycles. The molecule has 1 saturated heterocycles. The number of H-pyrrole nitrogens is 1. The quantitative estimate of drug-likeness (QED) is 0.413. The molecule has 6 rings (SSSR count). The third kappa shape index (κ3) is 4.00. The van der Waals surface area contributed by atoms with Gasteiger partial charge >= 0.3 is 5.69 Å². The van der Waals surface area contributed by atoms with Gasteiger partial charge in [-0.2, -0.15) is 5.10 Å². The van der Waals surface area contributed by atoms with E-state index in [4.69, 9.17) is 9.72 Å². The summed E-state index contributed by atoms with van der Waals surface area (Å²) in [7, 11) is 0. The summed E-state index contributed by atoms with van der Waals surface area (Å²) in [5, 5.41) is 4.51. The van der Waals surface area contributed by atoms with E-state index in [2.05, 4.69) is 10.1 Å². The lowest BCUT2D eigenvalue weighted by Gasteiger charge is -2.13. The SMILES string of the molecule is O=c1[nH]c(=O)n(Cc2ccccc2)c2nc(-c3cnn(-c4ccccc4)c3)n(C[C@H]3CCCO3)c12. The van der Waals surface area contributed by atoms with Crippen molar-refractivity contribution in [1.82, 2.24) is 28.9 Å². The second kappa shape index (κ2) is 8.84. The summed E-state index contributed by atoms with van der Waals surface area (Å²) in [4.78, 5) is 33.3. The van der Waals surface area contributed by atoms with Crippen LogP contribution in [0.2, 0.25) is 0 Å². The first-order valence-electron chi connectivity index (χ1n) is 11.7. The summed E-state index contributed by atoms with van der Waals surface area (Å²) in [6.07, 6.45) is 5.48. The molecule has 0 saturated carbocycles. The molecule has 0 spiro atoms. The first kappa shape index (κ1) is 21.3. The molecule has 0 bridgehead atoms. The van der Waals surface area contributed by atoms with E-state index in [-0.39, 0.29) is 6.10 Å². The molecule has 0 radical (unpaired) electrons. The fourth-order valence-electron chi connectivity index (χ4n) is 4.64. The maximum atomic E-state index is 13.1. The second-order valence-corrected chi connectivity index (χ2v) is 8.69. The lowest BCUT2D eigenvalue weighted by Crippen LogP contribution is -2.32. The Kier molecular flexibility index (Phi) is 5.38. The van der Waals surface area contributed by atoms with Crippen molar-refractivity contribution in [2.45, 2.75) is 32.0 Å². The van der Waals surface area contributed by atoms with Gasteiger partial charge in [-0.1, -0.05) is 48.5 Å². The van der Waals surface area contributed by atoms with Crippen molar-refractivity contribution in [2.75, 3.05) is 6.61 Å². The summed E-state index contributed by atoms with van der Waals surface area (Å²) in [5.41, 5.74) is 2.37. The number of fused-ring (bicyclic) bond motifs is 1. The highest BCUT2D eigenvalue weighted by Gasteiger charge is 2.25. The van der Waals surface area contributed by atoms with E-state index < -0.39 is 11.2 Å². The van der Waals surface area contributed by atoms with Crippen molar-refractivity contribution in [3.05, 3.63) is 99.5 Å². The molecule has 1 atom stereocenters. The fourth-order valence-corrected chi connectivity index (χ4v) is 4.64. The van der Waals surface area contributed by atoms with Gasteiger partial charge in [0.2, 0.25) is 0 Å². The molecule has 0 aliphatic carbocycles. The number of rotatable bonds is 6. The van der Waals surface area contributed by atoms with Crippen LogP contribution in [-0.2, 0) is 17.8 Å². The Bertz CT molecular complexity index is 1590. The third-order valence-corrected chi connectivity index (χ3v) is 6.34. The maximum Gasteiger partial charge on any atom is 0.330 e. The minimum absolute atomic E-state index is 0.0239. The van der Waals surface area contributed by atoms with Crippen molar-refractivity contribution < 1.29 is 4.74 Å². The monoisotopic (exact) mass is 468 g/mol. The zero-order valence-electron chi connectivity index (χ0n) is 19.0. The first-order chi connectivity index (χ1) is 17.2. The van der Waals surface area contributed by atoms with Crippen LogP contribution in [0.25, 0.3) is 28.2 Å². The lowest BCUT2D eigenvalue weighted by atomic mass is 10.2. The largest absolute Gasteiger partial charge is 0.376 e. The van der Waals surface area contributed by atoms with Gasteiger partial charge in [0, 0.05) is 12.8 Å². The molecule has 1 aliphatic heterocycles. The van der Waals surface area contributed by atoms with Gasteiger partial charge in [-0.3, -0.25) is 14.3 Å². The molecule has 0 amide bonds. The van der Waals surface area contributed by atoms with Gasteiger partial charge in [0.25, 0.3) is 5.56 Å². The number of aromatic amines is 1. The first-order valence-corrected chi connectivity index (χ1v) is 11.7.